The standard InChI is InChI=1S/C26H35N11O6/c27-26-35-23-22(25(40)36-26)34-20(17-32-23)16-31-19-5-3-18(4-6-19)24(39)30-7-1-2-21(38)29-8-10-41-12-14-43-15-13-42-11-9-33-37-28/h3-6,17,31H,1-2,7-16H2,(H,29,38)(H,30,39)(H3,27,32,35,36,40). The predicted octanol–water partition coefficient (Wildman–Crippen LogP) is 0.894. The summed E-state index contributed by atoms with van der Waals surface area (Å²) in [7, 11) is 0. The van der Waals surface area contributed by atoms with Gasteiger partial charge in [0.1, 0.15) is 0 Å². The molecule has 0 saturated carbocycles. The van der Waals surface area contributed by atoms with Gasteiger partial charge in [0, 0.05) is 42.2 Å². The zero-order valence-electron chi connectivity index (χ0n) is 23.6. The number of rotatable bonds is 20. The number of hydrogen-bond acceptors (Lipinski definition) is 12. The lowest BCUT2D eigenvalue weighted by atomic mass is 10.2. The van der Waals surface area contributed by atoms with Crippen LogP contribution in [-0.2, 0) is 25.5 Å². The average Bonchev–Trinajstić information content (AvgIpc) is 3.00. The molecular weight excluding hydrogens is 562 g/mol. The molecule has 0 spiro atoms. The third-order valence-electron chi connectivity index (χ3n) is 5.68. The largest absolute Gasteiger partial charge is 0.379 e. The SMILES string of the molecule is [N-]=[N+]=NCCOCCOCCOCCNC(=O)CCCNC(=O)c1ccc(NCc2cnc3nc(N)[nH]c(=O)c3n2)cc1. The van der Waals surface area contributed by atoms with Gasteiger partial charge in [-0.15, -0.1) is 0 Å². The third kappa shape index (κ3) is 12.3. The van der Waals surface area contributed by atoms with Crippen LogP contribution in [0.15, 0.2) is 40.4 Å². The lowest BCUT2D eigenvalue weighted by molar-refractivity contribution is -0.121. The first-order valence-corrected chi connectivity index (χ1v) is 13.6. The molecule has 0 bridgehead atoms. The summed E-state index contributed by atoms with van der Waals surface area (Å²) in [6.45, 7) is 3.69. The van der Waals surface area contributed by atoms with E-state index in [2.05, 4.69) is 45.9 Å². The van der Waals surface area contributed by atoms with Crippen LogP contribution in [-0.4, -0.2) is 91.0 Å². The molecule has 0 unspecified atom stereocenters. The van der Waals surface area contributed by atoms with Crippen molar-refractivity contribution in [2.75, 3.05) is 70.3 Å². The highest BCUT2D eigenvalue weighted by atomic mass is 16.5. The number of nitrogens with two attached hydrogens (primary N) is 1. The summed E-state index contributed by atoms with van der Waals surface area (Å²) in [5, 5.41) is 12.1. The summed E-state index contributed by atoms with van der Waals surface area (Å²) in [6, 6.07) is 6.87. The van der Waals surface area contributed by atoms with Crippen molar-refractivity contribution in [3.63, 3.8) is 0 Å². The summed E-state index contributed by atoms with van der Waals surface area (Å²) in [6.07, 6.45) is 2.28. The summed E-state index contributed by atoms with van der Waals surface area (Å²) in [5.74, 6) is -0.387. The Bertz CT molecular complexity index is 1430. The molecule has 1 aromatic carbocycles. The number of benzene rings is 1. The maximum atomic E-state index is 12.4. The normalized spacial score (nSPS) is 10.7. The van der Waals surface area contributed by atoms with E-state index in [9.17, 15) is 14.4 Å². The molecule has 43 heavy (non-hydrogen) atoms. The monoisotopic (exact) mass is 597 g/mol. The first-order chi connectivity index (χ1) is 21.0. The highest BCUT2D eigenvalue weighted by Crippen LogP contribution is 2.11. The second-order valence-electron chi connectivity index (χ2n) is 8.92. The Balaban J connectivity index is 1.21. The van der Waals surface area contributed by atoms with Gasteiger partial charge in [0.15, 0.2) is 11.2 Å². The number of carbonyl (C=O) groups excluding carboxylic acids is 2. The van der Waals surface area contributed by atoms with Crippen LogP contribution in [0.25, 0.3) is 21.6 Å². The Morgan fingerprint density at radius 1 is 0.977 bits per heavy atom. The number of azide groups is 1. The van der Waals surface area contributed by atoms with E-state index in [1.165, 1.54) is 6.20 Å². The van der Waals surface area contributed by atoms with Crippen molar-refractivity contribution in [1.29, 1.82) is 0 Å². The summed E-state index contributed by atoms with van der Waals surface area (Å²) in [4.78, 5) is 53.8. The summed E-state index contributed by atoms with van der Waals surface area (Å²) < 4.78 is 15.9. The molecule has 0 fully saturated rings. The lowest BCUT2D eigenvalue weighted by Crippen LogP contribution is -2.29. The van der Waals surface area contributed by atoms with Crippen molar-refractivity contribution in [3.8, 4) is 0 Å². The highest BCUT2D eigenvalue weighted by Gasteiger charge is 2.08. The van der Waals surface area contributed by atoms with Gasteiger partial charge in [0.05, 0.1) is 58.1 Å². The summed E-state index contributed by atoms with van der Waals surface area (Å²) >= 11 is 0. The number of carbonyl (C=O) groups is 2. The number of aromatic amines is 1. The van der Waals surface area contributed by atoms with Crippen molar-refractivity contribution < 1.29 is 23.8 Å². The number of aromatic nitrogens is 4. The number of nitrogens with zero attached hydrogens (tertiary/aromatic N) is 6. The van der Waals surface area contributed by atoms with E-state index in [0.29, 0.717) is 83.5 Å². The van der Waals surface area contributed by atoms with Crippen LogP contribution in [0.2, 0.25) is 0 Å². The number of nitrogen functional groups attached to an aromatic ring is 1. The molecule has 230 valence electrons. The molecule has 0 radical (unpaired) electrons. The minimum absolute atomic E-state index is 0.0235. The molecule has 17 nitrogen and oxygen atoms in total. The minimum Gasteiger partial charge on any atom is -0.379 e. The first-order valence-electron chi connectivity index (χ1n) is 13.6. The molecule has 6 N–H and O–H groups in total. The smallest absolute Gasteiger partial charge is 0.280 e. The van der Waals surface area contributed by atoms with Gasteiger partial charge < -0.3 is 35.9 Å². The number of fused-ring (bicyclic) bond motifs is 1. The van der Waals surface area contributed by atoms with Gasteiger partial charge in [-0.3, -0.25) is 19.4 Å². The Morgan fingerprint density at radius 3 is 2.44 bits per heavy atom. The van der Waals surface area contributed by atoms with Crippen molar-refractivity contribution in [2.24, 2.45) is 5.11 Å². The molecule has 0 aliphatic heterocycles. The first kappa shape index (κ1) is 32.7. The van der Waals surface area contributed by atoms with Crippen LogP contribution < -0.4 is 27.2 Å². The van der Waals surface area contributed by atoms with Gasteiger partial charge in [-0.05, 0) is 36.2 Å². The lowest BCUT2D eigenvalue weighted by Gasteiger charge is -2.09. The Morgan fingerprint density at radius 2 is 1.70 bits per heavy atom. The molecule has 0 aliphatic carbocycles. The Hall–Kier alpha value is -4.83. The molecule has 0 atom stereocenters. The van der Waals surface area contributed by atoms with Gasteiger partial charge >= 0.3 is 0 Å². The van der Waals surface area contributed by atoms with Crippen LogP contribution in [0.4, 0.5) is 11.6 Å². The number of anilines is 2. The van der Waals surface area contributed by atoms with Crippen LogP contribution >= 0.6 is 0 Å². The fourth-order valence-corrected chi connectivity index (χ4v) is 3.58. The molecule has 3 aromatic rings. The van der Waals surface area contributed by atoms with Crippen molar-refractivity contribution in [2.45, 2.75) is 19.4 Å². The molecule has 0 saturated heterocycles. The summed E-state index contributed by atoms with van der Waals surface area (Å²) in [5.41, 5.74) is 15.2. The van der Waals surface area contributed by atoms with E-state index in [4.69, 9.17) is 25.5 Å². The maximum Gasteiger partial charge on any atom is 0.280 e. The van der Waals surface area contributed by atoms with Crippen molar-refractivity contribution in [3.05, 3.63) is 62.5 Å². The average molecular weight is 598 g/mol. The third-order valence-corrected chi connectivity index (χ3v) is 5.68. The second kappa shape index (κ2) is 18.6. The van der Waals surface area contributed by atoms with E-state index in [0.717, 1.165) is 5.69 Å². The zero-order valence-corrected chi connectivity index (χ0v) is 23.6. The van der Waals surface area contributed by atoms with Crippen molar-refractivity contribution in [1.82, 2.24) is 30.6 Å². The highest BCUT2D eigenvalue weighted by molar-refractivity contribution is 5.94. The molecule has 2 amide bonds. The van der Waals surface area contributed by atoms with Crippen LogP contribution in [0.1, 0.15) is 28.9 Å². The predicted molar refractivity (Wildman–Crippen MR) is 157 cm³/mol. The van der Waals surface area contributed by atoms with Gasteiger partial charge in [0.25, 0.3) is 11.5 Å². The number of H-pyrrole nitrogens is 1. The fourth-order valence-electron chi connectivity index (χ4n) is 3.58. The van der Waals surface area contributed by atoms with Crippen LogP contribution in [0.3, 0.4) is 0 Å². The quantitative estimate of drug-likeness (QED) is 0.0530. The number of nitrogens with one attached hydrogen (secondary N) is 4. The molecule has 2 heterocycles. The topological polar surface area (TPSA) is 244 Å². The molecule has 2 aromatic heterocycles. The molecule has 3 rings (SSSR count). The number of ether oxygens (including phenoxy) is 3. The number of hydrogen-bond donors (Lipinski definition) is 5. The van der Waals surface area contributed by atoms with Crippen LogP contribution in [0, 0.1) is 0 Å². The minimum atomic E-state index is -0.461. The zero-order chi connectivity index (χ0) is 30.7. The van der Waals surface area contributed by atoms with Crippen LogP contribution in [0.5, 0.6) is 0 Å². The van der Waals surface area contributed by atoms with E-state index in [1.807, 2.05) is 0 Å². The Kier molecular flexibility index (Phi) is 14.1. The molecule has 17 heteroatoms. The van der Waals surface area contributed by atoms with Gasteiger partial charge in [-0.25, -0.2) is 9.97 Å². The Labute approximate surface area is 246 Å². The van der Waals surface area contributed by atoms with Crippen molar-refractivity contribution >= 4 is 34.6 Å². The number of amides is 2. The van der Waals surface area contributed by atoms with Gasteiger partial charge in [0.2, 0.25) is 11.9 Å². The molecule has 0 aliphatic rings. The van der Waals surface area contributed by atoms with Gasteiger partial charge in [-0.1, -0.05) is 5.11 Å². The van der Waals surface area contributed by atoms with E-state index in [1.54, 1.807) is 24.3 Å². The van der Waals surface area contributed by atoms with E-state index < -0.39 is 5.56 Å². The second-order valence-corrected chi connectivity index (χ2v) is 8.92. The molecular formula is C26H35N11O6. The van der Waals surface area contributed by atoms with Gasteiger partial charge in [-0.2, -0.15) is 4.98 Å². The van der Waals surface area contributed by atoms with E-state index in [-0.39, 0.29) is 35.3 Å². The maximum absolute atomic E-state index is 12.4. The van der Waals surface area contributed by atoms with E-state index >= 15 is 0 Å². The fraction of sp³-hybridized carbons (Fsp3) is 0.462.